The molecular formula is C8H9NO2S. The van der Waals surface area contributed by atoms with Crippen molar-refractivity contribution in [3.05, 3.63) is 24.3 Å². The fourth-order valence-electron chi connectivity index (χ4n) is 0.645. The van der Waals surface area contributed by atoms with Gasteiger partial charge in [-0.05, 0) is 36.2 Å². The number of amides is 1. The summed E-state index contributed by atoms with van der Waals surface area (Å²) >= 11 is 1.23. The third kappa shape index (κ3) is 2.84. The van der Waals surface area contributed by atoms with E-state index in [0.29, 0.717) is 0 Å². The predicted octanol–water partition coefficient (Wildman–Crippen LogP) is 1.54. The van der Waals surface area contributed by atoms with E-state index >= 15 is 0 Å². The Morgan fingerprint density at radius 1 is 1.42 bits per heavy atom. The number of aromatic hydroxyl groups is 1. The first-order valence-corrected chi connectivity index (χ1v) is 4.22. The van der Waals surface area contributed by atoms with Gasteiger partial charge in [-0.2, -0.15) is 0 Å². The molecule has 0 fully saturated rings. The minimum absolute atomic E-state index is 0.0897. The Kier molecular flexibility index (Phi) is 2.99. The van der Waals surface area contributed by atoms with E-state index in [4.69, 9.17) is 5.11 Å². The third-order valence-corrected chi connectivity index (χ3v) is 2.05. The SMILES string of the molecule is CC(=O)NSc1ccc(O)cc1. The van der Waals surface area contributed by atoms with Gasteiger partial charge in [0.15, 0.2) is 0 Å². The first kappa shape index (κ1) is 8.93. The van der Waals surface area contributed by atoms with Crippen LogP contribution in [0.2, 0.25) is 0 Å². The summed E-state index contributed by atoms with van der Waals surface area (Å²) in [4.78, 5) is 11.4. The van der Waals surface area contributed by atoms with Crippen LogP contribution >= 0.6 is 11.9 Å². The largest absolute Gasteiger partial charge is 0.508 e. The molecule has 0 spiro atoms. The number of phenols is 1. The van der Waals surface area contributed by atoms with Crippen molar-refractivity contribution in [3.63, 3.8) is 0 Å². The molecule has 1 aromatic rings. The molecule has 1 rings (SSSR count). The fourth-order valence-corrected chi connectivity index (χ4v) is 1.18. The molecule has 1 amide bonds. The van der Waals surface area contributed by atoms with Crippen LogP contribution in [0.4, 0.5) is 0 Å². The second-order valence-corrected chi connectivity index (χ2v) is 3.13. The third-order valence-electron chi connectivity index (χ3n) is 1.15. The smallest absolute Gasteiger partial charge is 0.226 e. The molecule has 2 N–H and O–H groups in total. The van der Waals surface area contributed by atoms with Crippen molar-refractivity contribution in [1.29, 1.82) is 0 Å². The Bertz CT molecular complexity index is 271. The molecular weight excluding hydrogens is 174 g/mol. The Hall–Kier alpha value is -1.16. The van der Waals surface area contributed by atoms with Gasteiger partial charge in [0.2, 0.25) is 5.91 Å². The number of rotatable bonds is 2. The van der Waals surface area contributed by atoms with Crippen LogP contribution in [0.1, 0.15) is 6.92 Å². The minimum atomic E-state index is -0.0897. The summed E-state index contributed by atoms with van der Waals surface area (Å²) in [5, 5.41) is 8.94. The van der Waals surface area contributed by atoms with Gasteiger partial charge in [-0.15, -0.1) is 0 Å². The second-order valence-electron chi connectivity index (χ2n) is 2.25. The number of carbonyl (C=O) groups excluding carboxylic acids is 1. The summed E-state index contributed by atoms with van der Waals surface area (Å²) in [5.41, 5.74) is 0. The molecule has 0 bridgehead atoms. The van der Waals surface area contributed by atoms with E-state index in [2.05, 4.69) is 4.72 Å². The summed E-state index contributed by atoms with van der Waals surface area (Å²) in [6.45, 7) is 1.45. The lowest BCUT2D eigenvalue weighted by molar-refractivity contribution is -0.117. The molecule has 3 nitrogen and oxygen atoms in total. The summed E-state index contributed by atoms with van der Waals surface area (Å²) in [5.74, 6) is 0.134. The molecule has 0 unspecified atom stereocenters. The quantitative estimate of drug-likeness (QED) is 0.684. The van der Waals surface area contributed by atoms with E-state index in [1.807, 2.05) is 0 Å². The van der Waals surface area contributed by atoms with Crippen molar-refractivity contribution >= 4 is 17.9 Å². The van der Waals surface area contributed by atoms with E-state index in [-0.39, 0.29) is 11.7 Å². The topological polar surface area (TPSA) is 49.3 Å². The van der Waals surface area contributed by atoms with E-state index in [0.717, 1.165) is 4.90 Å². The van der Waals surface area contributed by atoms with Crippen LogP contribution in [-0.4, -0.2) is 11.0 Å². The number of nitrogens with one attached hydrogen (secondary N) is 1. The molecule has 1 aromatic carbocycles. The molecule has 0 saturated heterocycles. The average molecular weight is 183 g/mol. The number of benzene rings is 1. The maximum absolute atomic E-state index is 10.5. The Labute approximate surface area is 74.9 Å². The van der Waals surface area contributed by atoms with Gasteiger partial charge in [0.05, 0.1) is 0 Å². The Morgan fingerprint density at radius 3 is 2.50 bits per heavy atom. The fraction of sp³-hybridized carbons (Fsp3) is 0.125. The van der Waals surface area contributed by atoms with Gasteiger partial charge in [-0.25, -0.2) is 0 Å². The molecule has 0 aromatic heterocycles. The standard InChI is InChI=1S/C8H9NO2S/c1-6(10)9-12-8-4-2-7(11)3-5-8/h2-5,11H,1H3,(H,9,10). The highest BCUT2D eigenvalue weighted by atomic mass is 32.2. The van der Waals surface area contributed by atoms with Crippen LogP contribution in [0.15, 0.2) is 29.2 Å². The van der Waals surface area contributed by atoms with Crippen LogP contribution in [0, 0.1) is 0 Å². The molecule has 4 heteroatoms. The highest BCUT2D eigenvalue weighted by Crippen LogP contribution is 2.17. The zero-order valence-electron chi connectivity index (χ0n) is 6.57. The lowest BCUT2D eigenvalue weighted by Crippen LogP contribution is -2.09. The van der Waals surface area contributed by atoms with Crippen LogP contribution in [-0.2, 0) is 4.79 Å². The van der Waals surface area contributed by atoms with Crippen LogP contribution in [0.5, 0.6) is 5.75 Å². The van der Waals surface area contributed by atoms with Gasteiger partial charge < -0.3 is 5.11 Å². The van der Waals surface area contributed by atoms with Gasteiger partial charge in [0.25, 0.3) is 0 Å². The zero-order valence-corrected chi connectivity index (χ0v) is 7.39. The normalized spacial score (nSPS) is 9.42. The summed E-state index contributed by atoms with van der Waals surface area (Å²) in [6.07, 6.45) is 0. The summed E-state index contributed by atoms with van der Waals surface area (Å²) in [6, 6.07) is 6.61. The van der Waals surface area contributed by atoms with Crippen molar-refractivity contribution in [2.24, 2.45) is 0 Å². The Balaban J connectivity index is 2.53. The molecule has 0 aliphatic rings. The van der Waals surface area contributed by atoms with E-state index in [1.54, 1.807) is 24.3 Å². The maximum Gasteiger partial charge on any atom is 0.226 e. The summed E-state index contributed by atoms with van der Waals surface area (Å²) < 4.78 is 2.58. The lowest BCUT2D eigenvalue weighted by atomic mass is 10.3. The lowest BCUT2D eigenvalue weighted by Gasteiger charge is -2.00. The van der Waals surface area contributed by atoms with Crippen molar-refractivity contribution in [1.82, 2.24) is 4.72 Å². The first-order chi connectivity index (χ1) is 5.68. The number of carbonyl (C=O) groups is 1. The second kappa shape index (κ2) is 4.01. The van der Waals surface area contributed by atoms with Crippen molar-refractivity contribution in [2.45, 2.75) is 11.8 Å². The first-order valence-electron chi connectivity index (χ1n) is 3.41. The maximum atomic E-state index is 10.5. The average Bonchev–Trinajstić information content (AvgIpc) is 2.03. The molecule has 0 radical (unpaired) electrons. The molecule has 0 aliphatic carbocycles. The molecule has 0 heterocycles. The molecule has 64 valence electrons. The van der Waals surface area contributed by atoms with Gasteiger partial charge in [-0.3, -0.25) is 9.52 Å². The van der Waals surface area contributed by atoms with Crippen molar-refractivity contribution in [3.8, 4) is 5.75 Å². The summed E-state index contributed by atoms with van der Waals surface area (Å²) in [7, 11) is 0. The van der Waals surface area contributed by atoms with Crippen molar-refractivity contribution in [2.75, 3.05) is 0 Å². The molecule has 0 aliphatic heterocycles. The zero-order chi connectivity index (χ0) is 8.97. The van der Waals surface area contributed by atoms with Crippen LogP contribution in [0.25, 0.3) is 0 Å². The predicted molar refractivity (Wildman–Crippen MR) is 47.8 cm³/mol. The van der Waals surface area contributed by atoms with Crippen LogP contribution in [0.3, 0.4) is 0 Å². The number of hydrogen-bond acceptors (Lipinski definition) is 3. The number of phenolic OH excluding ortho intramolecular Hbond substituents is 1. The van der Waals surface area contributed by atoms with E-state index in [9.17, 15) is 4.79 Å². The van der Waals surface area contributed by atoms with Crippen molar-refractivity contribution < 1.29 is 9.90 Å². The molecule has 12 heavy (non-hydrogen) atoms. The molecule has 0 saturated carbocycles. The molecule has 0 atom stereocenters. The minimum Gasteiger partial charge on any atom is -0.508 e. The monoisotopic (exact) mass is 183 g/mol. The van der Waals surface area contributed by atoms with Gasteiger partial charge in [0.1, 0.15) is 5.75 Å². The highest BCUT2D eigenvalue weighted by Gasteiger charge is 1.94. The van der Waals surface area contributed by atoms with Gasteiger partial charge in [0, 0.05) is 11.8 Å². The van der Waals surface area contributed by atoms with Gasteiger partial charge in [-0.1, -0.05) is 0 Å². The van der Waals surface area contributed by atoms with Crippen LogP contribution < -0.4 is 4.72 Å². The van der Waals surface area contributed by atoms with E-state index < -0.39 is 0 Å². The van der Waals surface area contributed by atoms with E-state index in [1.165, 1.54) is 18.9 Å². The number of hydrogen-bond donors (Lipinski definition) is 2. The highest BCUT2D eigenvalue weighted by molar-refractivity contribution is 7.98. The Morgan fingerprint density at radius 2 is 2.00 bits per heavy atom. The van der Waals surface area contributed by atoms with Gasteiger partial charge >= 0.3 is 0 Å².